The molecule has 1 saturated heterocycles. The highest BCUT2D eigenvalue weighted by Crippen LogP contribution is 2.31. The standard InChI is InChI=1S/C15H25N3/c1-15(7-8-16-11-15)14-10-17-12-18(14)9-6-13-4-2-3-5-13/h10,12-13,16H,2-9,11H2,1H3. The molecule has 0 radical (unpaired) electrons. The molecule has 3 rings (SSSR count). The molecule has 3 nitrogen and oxygen atoms in total. The number of rotatable bonds is 4. The van der Waals surface area contributed by atoms with Crippen molar-refractivity contribution in [3.05, 3.63) is 18.2 Å². The third-order valence-electron chi connectivity index (χ3n) is 4.95. The van der Waals surface area contributed by atoms with Gasteiger partial charge in [0.05, 0.1) is 6.33 Å². The maximum Gasteiger partial charge on any atom is 0.0948 e. The van der Waals surface area contributed by atoms with Crippen LogP contribution in [0.3, 0.4) is 0 Å². The topological polar surface area (TPSA) is 29.9 Å². The summed E-state index contributed by atoms with van der Waals surface area (Å²) in [5.74, 6) is 0.967. The van der Waals surface area contributed by atoms with Gasteiger partial charge in [0.25, 0.3) is 0 Å². The molecule has 0 spiro atoms. The van der Waals surface area contributed by atoms with Gasteiger partial charge in [0.15, 0.2) is 0 Å². The van der Waals surface area contributed by atoms with Gasteiger partial charge in [0, 0.05) is 30.4 Å². The Labute approximate surface area is 110 Å². The Hall–Kier alpha value is -0.830. The van der Waals surface area contributed by atoms with Crippen molar-refractivity contribution in [2.24, 2.45) is 5.92 Å². The quantitative estimate of drug-likeness (QED) is 0.886. The second-order valence-corrected chi connectivity index (χ2v) is 6.40. The van der Waals surface area contributed by atoms with Crippen molar-refractivity contribution in [3.63, 3.8) is 0 Å². The molecule has 3 heteroatoms. The molecule has 18 heavy (non-hydrogen) atoms. The zero-order valence-corrected chi connectivity index (χ0v) is 11.5. The highest BCUT2D eigenvalue weighted by atomic mass is 15.1. The van der Waals surface area contributed by atoms with Crippen molar-refractivity contribution in [2.45, 2.75) is 57.4 Å². The normalized spacial score (nSPS) is 29.2. The van der Waals surface area contributed by atoms with Crippen LogP contribution < -0.4 is 5.32 Å². The van der Waals surface area contributed by atoms with Crippen LogP contribution in [-0.2, 0) is 12.0 Å². The van der Waals surface area contributed by atoms with Gasteiger partial charge in [-0.3, -0.25) is 0 Å². The van der Waals surface area contributed by atoms with Crippen LogP contribution in [0.5, 0.6) is 0 Å². The van der Waals surface area contributed by atoms with Crippen LogP contribution in [0.2, 0.25) is 0 Å². The van der Waals surface area contributed by atoms with Crippen LogP contribution in [0.15, 0.2) is 12.5 Å². The van der Waals surface area contributed by atoms with Gasteiger partial charge >= 0.3 is 0 Å². The molecule has 1 aliphatic heterocycles. The molecule has 1 unspecified atom stereocenters. The minimum Gasteiger partial charge on any atom is -0.334 e. The van der Waals surface area contributed by atoms with Crippen LogP contribution in [0.1, 0.15) is 51.1 Å². The molecular weight excluding hydrogens is 222 g/mol. The van der Waals surface area contributed by atoms with E-state index in [1.807, 2.05) is 6.33 Å². The summed E-state index contributed by atoms with van der Waals surface area (Å²) in [4.78, 5) is 4.39. The van der Waals surface area contributed by atoms with Crippen molar-refractivity contribution in [1.29, 1.82) is 0 Å². The van der Waals surface area contributed by atoms with E-state index in [9.17, 15) is 0 Å². The Balaban J connectivity index is 1.67. The Morgan fingerprint density at radius 2 is 2.28 bits per heavy atom. The van der Waals surface area contributed by atoms with Crippen molar-refractivity contribution < 1.29 is 0 Å². The Morgan fingerprint density at radius 3 is 3.00 bits per heavy atom. The first kappa shape index (κ1) is 12.2. The first-order valence-corrected chi connectivity index (χ1v) is 7.49. The van der Waals surface area contributed by atoms with Crippen LogP contribution in [-0.4, -0.2) is 22.6 Å². The van der Waals surface area contributed by atoms with E-state index in [0.29, 0.717) is 5.41 Å². The molecule has 2 aliphatic rings. The fourth-order valence-corrected chi connectivity index (χ4v) is 3.66. The molecule has 1 aliphatic carbocycles. The lowest BCUT2D eigenvalue weighted by Crippen LogP contribution is -2.28. The molecule has 2 heterocycles. The second kappa shape index (κ2) is 5.04. The number of imidazole rings is 1. The van der Waals surface area contributed by atoms with E-state index in [-0.39, 0.29) is 0 Å². The fourth-order valence-electron chi connectivity index (χ4n) is 3.66. The number of hydrogen-bond acceptors (Lipinski definition) is 2. The van der Waals surface area contributed by atoms with E-state index in [2.05, 4.69) is 28.0 Å². The molecule has 1 aromatic rings. The van der Waals surface area contributed by atoms with Gasteiger partial charge in [-0.05, 0) is 25.3 Å². The minimum atomic E-state index is 0.298. The average molecular weight is 247 g/mol. The Bertz CT molecular complexity index is 384. The maximum absolute atomic E-state index is 4.39. The van der Waals surface area contributed by atoms with Crippen LogP contribution in [0.25, 0.3) is 0 Å². The van der Waals surface area contributed by atoms with Gasteiger partial charge < -0.3 is 9.88 Å². The number of hydrogen-bond donors (Lipinski definition) is 1. The number of nitrogens with one attached hydrogen (secondary N) is 1. The molecular formula is C15H25N3. The molecule has 0 bridgehead atoms. The summed E-state index contributed by atoms with van der Waals surface area (Å²) in [6.07, 6.45) is 12.5. The number of aromatic nitrogens is 2. The molecule has 0 aromatic carbocycles. The fraction of sp³-hybridized carbons (Fsp3) is 0.800. The molecule has 100 valence electrons. The summed E-state index contributed by atoms with van der Waals surface area (Å²) in [7, 11) is 0. The average Bonchev–Trinajstić information content (AvgIpc) is 3.08. The lowest BCUT2D eigenvalue weighted by atomic mass is 9.86. The largest absolute Gasteiger partial charge is 0.334 e. The smallest absolute Gasteiger partial charge is 0.0948 e. The molecule has 1 aromatic heterocycles. The number of aryl methyl sites for hydroxylation is 1. The van der Waals surface area contributed by atoms with E-state index in [0.717, 1.165) is 25.6 Å². The van der Waals surface area contributed by atoms with Crippen molar-refractivity contribution in [2.75, 3.05) is 13.1 Å². The second-order valence-electron chi connectivity index (χ2n) is 6.40. The molecule has 0 amide bonds. The summed E-state index contributed by atoms with van der Waals surface area (Å²) < 4.78 is 2.41. The Morgan fingerprint density at radius 1 is 1.44 bits per heavy atom. The van der Waals surface area contributed by atoms with Crippen molar-refractivity contribution in [1.82, 2.24) is 14.9 Å². The minimum absolute atomic E-state index is 0.298. The first-order valence-electron chi connectivity index (χ1n) is 7.49. The van der Waals surface area contributed by atoms with Gasteiger partial charge in [-0.25, -0.2) is 4.98 Å². The van der Waals surface area contributed by atoms with Gasteiger partial charge in [-0.2, -0.15) is 0 Å². The van der Waals surface area contributed by atoms with Crippen molar-refractivity contribution in [3.8, 4) is 0 Å². The van der Waals surface area contributed by atoms with E-state index >= 15 is 0 Å². The monoisotopic (exact) mass is 247 g/mol. The summed E-state index contributed by atoms with van der Waals surface area (Å²) in [5, 5.41) is 3.48. The summed E-state index contributed by atoms with van der Waals surface area (Å²) in [6.45, 7) is 5.78. The lowest BCUT2D eigenvalue weighted by molar-refractivity contribution is 0.422. The van der Waals surface area contributed by atoms with Crippen LogP contribution in [0.4, 0.5) is 0 Å². The summed E-state index contributed by atoms with van der Waals surface area (Å²) in [5.41, 5.74) is 1.73. The zero-order valence-electron chi connectivity index (χ0n) is 11.5. The molecule has 1 N–H and O–H groups in total. The maximum atomic E-state index is 4.39. The van der Waals surface area contributed by atoms with E-state index in [1.165, 1.54) is 44.2 Å². The lowest BCUT2D eigenvalue weighted by Gasteiger charge is -2.24. The predicted molar refractivity (Wildman–Crippen MR) is 73.6 cm³/mol. The Kier molecular flexibility index (Phi) is 3.42. The third kappa shape index (κ3) is 2.33. The summed E-state index contributed by atoms with van der Waals surface area (Å²) >= 11 is 0. The third-order valence-corrected chi connectivity index (χ3v) is 4.95. The SMILES string of the molecule is CC1(c2cncn2CCC2CCCC2)CCNC1. The van der Waals surface area contributed by atoms with Gasteiger partial charge in [0.2, 0.25) is 0 Å². The molecule has 1 saturated carbocycles. The van der Waals surface area contributed by atoms with Gasteiger partial charge in [-0.1, -0.05) is 32.6 Å². The predicted octanol–water partition coefficient (Wildman–Crippen LogP) is 2.71. The van der Waals surface area contributed by atoms with Crippen molar-refractivity contribution >= 4 is 0 Å². The van der Waals surface area contributed by atoms with Crippen LogP contribution in [0, 0.1) is 5.92 Å². The zero-order chi connectivity index (χ0) is 12.4. The van der Waals surface area contributed by atoms with E-state index < -0.39 is 0 Å². The highest BCUT2D eigenvalue weighted by molar-refractivity contribution is 5.17. The number of nitrogens with zero attached hydrogens (tertiary/aromatic N) is 2. The van der Waals surface area contributed by atoms with Gasteiger partial charge in [0.1, 0.15) is 0 Å². The van der Waals surface area contributed by atoms with Gasteiger partial charge in [-0.15, -0.1) is 0 Å². The summed E-state index contributed by atoms with van der Waals surface area (Å²) in [6, 6.07) is 0. The molecule has 2 fully saturated rings. The highest BCUT2D eigenvalue weighted by Gasteiger charge is 2.33. The van der Waals surface area contributed by atoms with E-state index in [1.54, 1.807) is 0 Å². The first-order chi connectivity index (χ1) is 8.78. The van der Waals surface area contributed by atoms with E-state index in [4.69, 9.17) is 0 Å². The van der Waals surface area contributed by atoms with Crippen LogP contribution >= 0.6 is 0 Å². The molecule has 1 atom stereocenters.